The molecule has 0 unspecified atom stereocenters. The lowest BCUT2D eigenvalue weighted by Crippen LogP contribution is -2.57. The van der Waals surface area contributed by atoms with Crippen molar-refractivity contribution in [3.63, 3.8) is 0 Å². The number of rotatable bonds is 3. The van der Waals surface area contributed by atoms with Crippen LogP contribution >= 0.6 is 0 Å². The summed E-state index contributed by atoms with van der Waals surface area (Å²) in [4.78, 5) is 28.6. The predicted octanol–water partition coefficient (Wildman–Crippen LogP) is 1.47. The number of piperazine rings is 1. The lowest BCUT2D eigenvalue weighted by atomic mass is 10.0. The van der Waals surface area contributed by atoms with Gasteiger partial charge in [0.2, 0.25) is 5.91 Å². The molecule has 2 aliphatic rings. The molecular formula is C17H23N3O3. The van der Waals surface area contributed by atoms with Gasteiger partial charge in [0.15, 0.2) is 0 Å². The normalized spacial score (nSPS) is 20.8. The summed E-state index contributed by atoms with van der Waals surface area (Å²) in [5.74, 6) is -0.0554. The number of carbonyl (C=O) groups is 2. The van der Waals surface area contributed by atoms with E-state index in [2.05, 4.69) is 29.2 Å². The molecule has 6 heteroatoms. The van der Waals surface area contributed by atoms with Crippen molar-refractivity contribution in [2.75, 3.05) is 32.7 Å². The Hall–Kier alpha value is -2.08. The SMILES string of the molecule is O=C(O)N1CCN(C2CCN(Cc3ccccc3)CC2)C(=O)C1. The molecule has 124 valence electrons. The van der Waals surface area contributed by atoms with E-state index in [1.165, 1.54) is 10.5 Å². The predicted molar refractivity (Wildman–Crippen MR) is 86.1 cm³/mol. The number of amides is 2. The first-order valence-electron chi connectivity index (χ1n) is 8.17. The van der Waals surface area contributed by atoms with Crippen LogP contribution in [-0.4, -0.2) is 70.6 Å². The smallest absolute Gasteiger partial charge is 0.407 e. The molecule has 2 aliphatic heterocycles. The molecule has 3 rings (SSSR count). The summed E-state index contributed by atoms with van der Waals surface area (Å²) < 4.78 is 0. The Balaban J connectivity index is 1.49. The minimum absolute atomic E-state index is 0.000434. The molecule has 23 heavy (non-hydrogen) atoms. The fourth-order valence-corrected chi connectivity index (χ4v) is 3.47. The number of hydrogen-bond donors (Lipinski definition) is 1. The zero-order valence-corrected chi connectivity index (χ0v) is 13.2. The van der Waals surface area contributed by atoms with Crippen molar-refractivity contribution in [2.24, 2.45) is 0 Å². The highest BCUT2D eigenvalue weighted by Crippen LogP contribution is 2.20. The number of carbonyl (C=O) groups excluding carboxylic acids is 1. The van der Waals surface area contributed by atoms with Gasteiger partial charge in [-0.25, -0.2) is 4.79 Å². The van der Waals surface area contributed by atoms with Crippen molar-refractivity contribution in [3.05, 3.63) is 35.9 Å². The molecule has 0 bridgehead atoms. The Kier molecular flexibility index (Phi) is 4.81. The molecule has 2 amide bonds. The van der Waals surface area contributed by atoms with Gasteiger partial charge < -0.3 is 10.0 Å². The molecule has 0 radical (unpaired) electrons. The maximum Gasteiger partial charge on any atom is 0.407 e. The quantitative estimate of drug-likeness (QED) is 0.917. The number of piperidine rings is 1. The van der Waals surface area contributed by atoms with Crippen LogP contribution in [0, 0.1) is 0 Å². The van der Waals surface area contributed by atoms with Gasteiger partial charge in [0, 0.05) is 38.8 Å². The van der Waals surface area contributed by atoms with Gasteiger partial charge in [0.05, 0.1) is 0 Å². The molecule has 1 aromatic rings. The van der Waals surface area contributed by atoms with E-state index >= 15 is 0 Å². The molecule has 2 heterocycles. The Labute approximate surface area is 136 Å². The first-order valence-corrected chi connectivity index (χ1v) is 8.17. The highest BCUT2D eigenvalue weighted by Gasteiger charge is 2.33. The molecular weight excluding hydrogens is 294 g/mol. The van der Waals surface area contributed by atoms with Crippen molar-refractivity contribution in [3.8, 4) is 0 Å². The summed E-state index contributed by atoms with van der Waals surface area (Å²) in [6.07, 6.45) is 0.924. The van der Waals surface area contributed by atoms with Crippen molar-refractivity contribution < 1.29 is 14.7 Å². The molecule has 0 saturated carbocycles. The number of carboxylic acid groups (broad SMARTS) is 1. The molecule has 6 nitrogen and oxygen atoms in total. The lowest BCUT2D eigenvalue weighted by Gasteiger charge is -2.42. The van der Waals surface area contributed by atoms with Gasteiger partial charge in [0.25, 0.3) is 0 Å². The second kappa shape index (κ2) is 7.00. The molecule has 0 spiro atoms. The van der Waals surface area contributed by atoms with Gasteiger partial charge in [-0.2, -0.15) is 0 Å². The standard InChI is InChI=1S/C17H23N3O3/c21-16-13-19(17(22)23)10-11-20(16)15-6-8-18(9-7-15)12-14-4-2-1-3-5-14/h1-5,15H,6-13H2,(H,22,23). The van der Waals surface area contributed by atoms with Crippen LogP contribution in [-0.2, 0) is 11.3 Å². The van der Waals surface area contributed by atoms with Crippen LogP contribution in [0.4, 0.5) is 4.79 Å². The van der Waals surface area contributed by atoms with E-state index in [0.717, 1.165) is 32.5 Å². The Morgan fingerprint density at radius 2 is 1.78 bits per heavy atom. The Morgan fingerprint density at radius 1 is 1.09 bits per heavy atom. The van der Waals surface area contributed by atoms with Crippen LogP contribution in [0.25, 0.3) is 0 Å². The monoisotopic (exact) mass is 317 g/mol. The van der Waals surface area contributed by atoms with E-state index in [1.807, 2.05) is 11.0 Å². The number of benzene rings is 1. The summed E-state index contributed by atoms with van der Waals surface area (Å²) in [7, 11) is 0. The first kappa shape index (κ1) is 15.8. The van der Waals surface area contributed by atoms with E-state index < -0.39 is 6.09 Å². The van der Waals surface area contributed by atoms with Crippen LogP contribution in [0.15, 0.2) is 30.3 Å². The summed E-state index contributed by atoms with van der Waals surface area (Å²) >= 11 is 0. The number of nitrogens with zero attached hydrogens (tertiary/aromatic N) is 3. The van der Waals surface area contributed by atoms with Gasteiger partial charge in [-0.15, -0.1) is 0 Å². The maximum absolute atomic E-state index is 12.2. The second-order valence-corrected chi connectivity index (χ2v) is 6.28. The average Bonchev–Trinajstić information content (AvgIpc) is 2.56. The third-order valence-electron chi connectivity index (χ3n) is 4.77. The molecule has 2 fully saturated rings. The van der Waals surface area contributed by atoms with Gasteiger partial charge in [-0.3, -0.25) is 14.6 Å². The summed E-state index contributed by atoms with van der Waals surface area (Å²) in [6, 6.07) is 10.7. The van der Waals surface area contributed by atoms with Gasteiger partial charge in [-0.1, -0.05) is 30.3 Å². The van der Waals surface area contributed by atoms with E-state index in [-0.39, 0.29) is 18.5 Å². The van der Waals surface area contributed by atoms with Crippen molar-refractivity contribution in [1.82, 2.24) is 14.7 Å². The third kappa shape index (κ3) is 3.82. The van der Waals surface area contributed by atoms with E-state index in [4.69, 9.17) is 5.11 Å². The van der Waals surface area contributed by atoms with E-state index in [1.54, 1.807) is 0 Å². The van der Waals surface area contributed by atoms with Gasteiger partial charge in [-0.05, 0) is 18.4 Å². The Bertz CT molecular complexity index is 555. The van der Waals surface area contributed by atoms with Crippen molar-refractivity contribution in [2.45, 2.75) is 25.4 Å². The summed E-state index contributed by atoms with van der Waals surface area (Å²) in [6.45, 7) is 3.85. The van der Waals surface area contributed by atoms with E-state index in [9.17, 15) is 9.59 Å². The second-order valence-electron chi connectivity index (χ2n) is 6.28. The van der Waals surface area contributed by atoms with Gasteiger partial charge in [0.1, 0.15) is 6.54 Å². The fraction of sp³-hybridized carbons (Fsp3) is 0.529. The van der Waals surface area contributed by atoms with Crippen molar-refractivity contribution in [1.29, 1.82) is 0 Å². The van der Waals surface area contributed by atoms with Crippen LogP contribution in [0.3, 0.4) is 0 Å². The molecule has 2 saturated heterocycles. The zero-order valence-electron chi connectivity index (χ0n) is 13.2. The van der Waals surface area contributed by atoms with Crippen molar-refractivity contribution >= 4 is 12.0 Å². The molecule has 1 N–H and O–H groups in total. The average molecular weight is 317 g/mol. The minimum atomic E-state index is -1.00. The third-order valence-corrected chi connectivity index (χ3v) is 4.77. The highest BCUT2D eigenvalue weighted by molar-refractivity contribution is 5.83. The van der Waals surface area contributed by atoms with Crippen LogP contribution in [0.5, 0.6) is 0 Å². The largest absolute Gasteiger partial charge is 0.465 e. The van der Waals surface area contributed by atoms with E-state index in [0.29, 0.717) is 13.1 Å². The number of likely N-dealkylation sites (tertiary alicyclic amines) is 1. The molecule has 0 aliphatic carbocycles. The number of hydrogen-bond acceptors (Lipinski definition) is 3. The first-order chi connectivity index (χ1) is 11.1. The molecule has 1 aromatic carbocycles. The summed E-state index contributed by atoms with van der Waals surface area (Å²) in [5, 5.41) is 8.98. The fourth-order valence-electron chi connectivity index (χ4n) is 3.47. The van der Waals surface area contributed by atoms with Crippen LogP contribution in [0.2, 0.25) is 0 Å². The van der Waals surface area contributed by atoms with Gasteiger partial charge >= 0.3 is 6.09 Å². The highest BCUT2D eigenvalue weighted by atomic mass is 16.4. The Morgan fingerprint density at radius 3 is 2.39 bits per heavy atom. The summed E-state index contributed by atoms with van der Waals surface area (Å²) in [5.41, 5.74) is 1.32. The van der Waals surface area contributed by atoms with Crippen LogP contribution in [0.1, 0.15) is 18.4 Å². The maximum atomic E-state index is 12.2. The molecule has 0 atom stereocenters. The topological polar surface area (TPSA) is 64.1 Å². The van der Waals surface area contributed by atoms with Crippen LogP contribution < -0.4 is 0 Å². The zero-order chi connectivity index (χ0) is 16.2. The lowest BCUT2D eigenvalue weighted by molar-refractivity contribution is -0.139. The molecule has 0 aromatic heterocycles. The minimum Gasteiger partial charge on any atom is -0.465 e.